The van der Waals surface area contributed by atoms with Gasteiger partial charge in [-0.25, -0.2) is 8.42 Å². The van der Waals surface area contributed by atoms with Crippen LogP contribution in [0.1, 0.15) is 6.92 Å². The topological polar surface area (TPSA) is 80.4 Å². The molecular formula is C8H11NO3S. The molecule has 0 spiro atoms. The van der Waals surface area contributed by atoms with Gasteiger partial charge in [-0.15, -0.1) is 0 Å². The number of anilines is 1. The Morgan fingerprint density at radius 3 is 2.38 bits per heavy atom. The Bertz CT molecular complexity index is 398. The lowest BCUT2D eigenvalue weighted by Gasteiger charge is -2.08. The van der Waals surface area contributed by atoms with Crippen molar-refractivity contribution in [1.82, 2.24) is 0 Å². The zero-order valence-corrected chi connectivity index (χ0v) is 7.95. The van der Waals surface area contributed by atoms with Gasteiger partial charge >= 0.3 is 0 Å². The third-order valence-corrected chi connectivity index (χ3v) is 3.56. The predicted molar refractivity (Wildman–Crippen MR) is 49.7 cm³/mol. The summed E-state index contributed by atoms with van der Waals surface area (Å²) in [6.45, 7) is 1.20. The third-order valence-electron chi connectivity index (χ3n) is 1.67. The molecule has 0 heterocycles. The van der Waals surface area contributed by atoms with E-state index in [0.29, 0.717) is 0 Å². The Morgan fingerprint density at radius 1 is 1.38 bits per heavy atom. The number of para-hydroxylation sites is 1. The predicted octanol–water partition coefficient (Wildman–Crippen LogP) is 0.381. The van der Waals surface area contributed by atoms with Crippen LogP contribution in [0, 0.1) is 0 Å². The summed E-state index contributed by atoms with van der Waals surface area (Å²) in [5.41, 5.74) is 4.18. The molecule has 0 unspecified atom stereocenters. The Balaban J connectivity index is 3.32. The molecule has 0 fully saturated rings. The van der Waals surface area contributed by atoms with Crippen molar-refractivity contribution in [3.8, 4) is 0 Å². The lowest BCUT2D eigenvalue weighted by atomic mass is 10.3. The molecule has 72 valence electrons. The summed E-state index contributed by atoms with van der Waals surface area (Å²) in [5.74, 6) is 0. The van der Waals surface area contributed by atoms with Crippen LogP contribution in [0.25, 0.3) is 0 Å². The van der Waals surface area contributed by atoms with E-state index in [1.165, 1.54) is 19.1 Å². The Kier molecular flexibility index (Phi) is 2.58. The summed E-state index contributed by atoms with van der Waals surface area (Å²) in [6.07, 6.45) is 0. The van der Waals surface area contributed by atoms with Gasteiger partial charge in [0.2, 0.25) is 9.84 Å². The van der Waals surface area contributed by atoms with Crippen LogP contribution in [-0.4, -0.2) is 19.0 Å². The van der Waals surface area contributed by atoms with Gasteiger partial charge in [0.15, 0.2) is 5.44 Å². The van der Waals surface area contributed by atoms with Crippen molar-refractivity contribution in [3.05, 3.63) is 24.3 Å². The maximum atomic E-state index is 11.4. The molecule has 0 aliphatic heterocycles. The molecule has 0 aromatic heterocycles. The lowest BCUT2D eigenvalue weighted by molar-refractivity contribution is 0.268. The number of benzene rings is 1. The molecule has 0 saturated carbocycles. The molecule has 0 aliphatic rings. The molecule has 0 aliphatic carbocycles. The van der Waals surface area contributed by atoms with E-state index in [1.807, 2.05) is 0 Å². The van der Waals surface area contributed by atoms with Crippen molar-refractivity contribution in [1.29, 1.82) is 0 Å². The van der Waals surface area contributed by atoms with Crippen LogP contribution in [0.3, 0.4) is 0 Å². The van der Waals surface area contributed by atoms with Gasteiger partial charge in [-0.3, -0.25) is 0 Å². The number of nitrogen functional groups attached to an aromatic ring is 1. The Hall–Kier alpha value is -1.07. The number of rotatable bonds is 2. The van der Waals surface area contributed by atoms with Crippen LogP contribution < -0.4 is 5.73 Å². The minimum absolute atomic E-state index is 0.0231. The quantitative estimate of drug-likeness (QED) is 0.678. The first-order valence-corrected chi connectivity index (χ1v) is 5.27. The van der Waals surface area contributed by atoms with Crippen LogP contribution in [0.4, 0.5) is 5.69 Å². The van der Waals surface area contributed by atoms with Gasteiger partial charge in [0, 0.05) is 0 Å². The van der Waals surface area contributed by atoms with E-state index >= 15 is 0 Å². The summed E-state index contributed by atoms with van der Waals surface area (Å²) in [6, 6.07) is 6.05. The van der Waals surface area contributed by atoms with Gasteiger partial charge in [-0.1, -0.05) is 12.1 Å². The van der Waals surface area contributed by atoms with E-state index in [4.69, 9.17) is 10.8 Å². The van der Waals surface area contributed by atoms with Crippen molar-refractivity contribution in [3.63, 3.8) is 0 Å². The van der Waals surface area contributed by atoms with Crippen molar-refractivity contribution in [2.24, 2.45) is 0 Å². The molecule has 1 rings (SSSR count). The van der Waals surface area contributed by atoms with Crippen molar-refractivity contribution in [2.45, 2.75) is 17.3 Å². The lowest BCUT2D eigenvalue weighted by Crippen LogP contribution is -2.18. The number of aliphatic hydroxyl groups is 1. The molecular weight excluding hydrogens is 190 g/mol. The highest BCUT2D eigenvalue weighted by Crippen LogP contribution is 2.20. The van der Waals surface area contributed by atoms with Gasteiger partial charge in [-0.2, -0.15) is 0 Å². The first kappa shape index (κ1) is 10.0. The fourth-order valence-electron chi connectivity index (χ4n) is 0.923. The summed E-state index contributed by atoms with van der Waals surface area (Å²) in [4.78, 5) is -0.0231. The zero-order valence-electron chi connectivity index (χ0n) is 7.14. The highest BCUT2D eigenvalue weighted by molar-refractivity contribution is 7.92. The average molecular weight is 201 g/mol. The molecule has 0 amide bonds. The van der Waals surface area contributed by atoms with E-state index in [2.05, 4.69) is 0 Å². The van der Waals surface area contributed by atoms with E-state index in [9.17, 15) is 8.42 Å². The second-order valence-electron chi connectivity index (χ2n) is 2.68. The first-order chi connectivity index (χ1) is 5.96. The minimum atomic E-state index is -3.68. The van der Waals surface area contributed by atoms with Crippen molar-refractivity contribution in [2.75, 3.05) is 5.73 Å². The summed E-state index contributed by atoms with van der Waals surface area (Å²) < 4.78 is 22.8. The van der Waals surface area contributed by atoms with Gasteiger partial charge < -0.3 is 10.8 Å². The second-order valence-corrected chi connectivity index (χ2v) is 4.89. The van der Waals surface area contributed by atoms with Crippen LogP contribution in [0.2, 0.25) is 0 Å². The molecule has 1 atom stereocenters. The van der Waals surface area contributed by atoms with Crippen molar-refractivity contribution < 1.29 is 13.5 Å². The van der Waals surface area contributed by atoms with Crippen molar-refractivity contribution >= 4 is 15.5 Å². The fourth-order valence-corrected chi connectivity index (χ4v) is 1.96. The maximum Gasteiger partial charge on any atom is 0.206 e. The first-order valence-electron chi connectivity index (χ1n) is 3.72. The molecule has 0 bridgehead atoms. The Labute approximate surface area is 76.9 Å². The van der Waals surface area contributed by atoms with Gasteiger partial charge in [-0.05, 0) is 19.1 Å². The highest BCUT2D eigenvalue weighted by Gasteiger charge is 2.22. The second kappa shape index (κ2) is 3.35. The standard InChI is InChI=1S/C8H11NO3S/c1-6(10)13(11,12)8-5-3-2-4-7(8)9/h2-6,10H,9H2,1H3/t6-/m1/s1. The maximum absolute atomic E-state index is 11.4. The highest BCUT2D eigenvalue weighted by atomic mass is 32.2. The van der Waals surface area contributed by atoms with Crippen LogP contribution in [0.5, 0.6) is 0 Å². The van der Waals surface area contributed by atoms with Crippen LogP contribution in [-0.2, 0) is 9.84 Å². The van der Waals surface area contributed by atoms with Gasteiger partial charge in [0.05, 0.1) is 10.6 Å². The minimum Gasteiger partial charge on any atom is -0.398 e. The largest absolute Gasteiger partial charge is 0.398 e. The third kappa shape index (κ3) is 1.81. The fraction of sp³-hybridized carbons (Fsp3) is 0.250. The van der Waals surface area contributed by atoms with Gasteiger partial charge in [0.1, 0.15) is 0 Å². The van der Waals surface area contributed by atoms with Crippen LogP contribution in [0.15, 0.2) is 29.2 Å². The number of hydrogen-bond acceptors (Lipinski definition) is 4. The molecule has 13 heavy (non-hydrogen) atoms. The molecule has 4 nitrogen and oxygen atoms in total. The SMILES string of the molecule is C[C@H](O)S(=O)(=O)c1ccccc1N. The normalized spacial score (nSPS) is 14.0. The number of aliphatic hydroxyl groups excluding tert-OH is 1. The zero-order chi connectivity index (χ0) is 10.1. The number of sulfone groups is 1. The monoisotopic (exact) mass is 201 g/mol. The molecule has 0 saturated heterocycles. The van der Waals surface area contributed by atoms with E-state index in [-0.39, 0.29) is 10.6 Å². The summed E-state index contributed by atoms with van der Waals surface area (Å²) in [5, 5.41) is 9.01. The van der Waals surface area contributed by atoms with E-state index < -0.39 is 15.3 Å². The average Bonchev–Trinajstić information content (AvgIpc) is 2.04. The summed E-state index contributed by atoms with van der Waals surface area (Å²) >= 11 is 0. The molecule has 1 aromatic rings. The molecule has 3 N–H and O–H groups in total. The number of hydrogen-bond donors (Lipinski definition) is 2. The smallest absolute Gasteiger partial charge is 0.206 e. The van der Waals surface area contributed by atoms with Crippen LogP contribution >= 0.6 is 0 Å². The molecule has 5 heteroatoms. The van der Waals surface area contributed by atoms with Gasteiger partial charge in [0.25, 0.3) is 0 Å². The summed E-state index contributed by atoms with van der Waals surface area (Å²) in [7, 11) is -3.68. The van der Waals surface area contributed by atoms with E-state index in [0.717, 1.165) is 0 Å². The number of nitrogens with two attached hydrogens (primary N) is 1. The molecule has 1 aromatic carbocycles. The Morgan fingerprint density at radius 2 is 1.92 bits per heavy atom. The van der Waals surface area contributed by atoms with E-state index in [1.54, 1.807) is 12.1 Å². The molecule has 0 radical (unpaired) electrons.